The Balaban J connectivity index is 1.41. The molecule has 2 aromatic rings. The lowest BCUT2D eigenvalue weighted by Gasteiger charge is -2.50. The Morgan fingerprint density at radius 1 is 1.18 bits per heavy atom. The number of aryl methyl sites for hydroxylation is 1. The third-order valence-corrected chi connectivity index (χ3v) is 14.7. The van der Waals surface area contributed by atoms with Crippen molar-refractivity contribution in [1.29, 1.82) is 0 Å². The van der Waals surface area contributed by atoms with Crippen LogP contribution in [-0.2, 0) is 31.1 Å². The number of nitrogens with zero attached hydrogens (tertiary/aromatic N) is 2. The molecule has 2 bridgehead atoms. The summed E-state index contributed by atoms with van der Waals surface area (Å²) in [7, 11) is 0.378. The third kappa shape index (κ3) is 7.41. The lowest BCUT2D eigenvalue weighted by molar-refractivity contribution is -0.145. The van der Waals surface area contributed by atoms with Gasteiger partial charge >= 0.3 is 0 Å². The highest BCUT2D eigenvalue weighted by molar-refractivity contribution is 7.99. The SMILES string of the molecule is C=S1(=O)NC(=O)c2ccc3c(c2)N(C[C@@H]2CC[C@H]2[C@@](O)(CC(=O)N(C)CCOC)CCC[C@H](C)[C@H]1C)C[C@@]1(CCCc2cc(Cl)ccc21)CO3. The lowest BCUT2D eigenvalue weighted by atomic mass is 9.61. The van der Waals surface area contributed by atoms with Crippen LogP contribution in [0.15, 0.2) is 36.4 Å². The highest BCUT2D eigenvalue weighted by atomic mass is 35.5. The average molecular weight is 728 g/mol. The second kappa shape index (κ2) is 14.7. The number of aliphatic hydroxyl groups is 1. The van der Waals surface area contributed by atoms with Gasteiger partial charge in [-0.1, -0.05) is 31.0 Å². The summed E-state index contributed by atoms with van der Waals surface area (Å²) in [4.78, 5) is 31.3. The van der Waals surface area contributed by atoms with Crippen molar-refractivity contribution in [3.8, 4) is 5.75 Å². The minimum Gasteiger partial charge on any atom is -0.490 e. The maximum Gasteiger partial charge on any atom is 0.262 e. The van der Waals surface area contributed by atoms with Crippen LogP contribution in [0.2, 0.25) is 5.02 Å². The molecular formula is C39H54ClN3O6S. The zero-order chi connectivity index (χ0) is 35.8. The normalized spacial score (nSPS) is 32.8. The number of hydrogen-bond acceptors (Lipinski definition) is 7. The molecule has 6 rings (SSSR count). The van der Waals surface area contributed by atoms with Gasteiger partial charge in [-0.15, -0.1) is 0 Å². The van der Waals surface area contributed by atoms with Crippen LogP contribution in [0.25, 0.3) is 0 Å². The van der Waals surface area contributed by atoms with Crippen molar-refractivity contribution in [1.82, 2.24) is 9.62 Å². The topological polar surface area (TPSA) is 108 Å². The Hall–Kier alpha value is -2.79. The summed E-state index contributed by atoms with van der Waals surface area (Å²) in [5.41, 5.74) is 2.21. The number of nitrogens with one attached hydrogen (secondary N) is 1. The molecule has 1 saturated carbocycles. The standard InChI is InChI=1S/C39H54ClN3O6S/c1-26-8-6-17-39(46,22-36(44)42(3)18-19-48-4)33-13-10-30(33)23-43-24-38(16-7-9-28-20-31(40)12-14-32(28)38)25-49-35-15-11-29(21-34(35)43)37(45)41-50(5,47)27(26)2/h11-12,14-15,20-21,26-27,30,33,46H,5-10,13,16-19,22-25H2,1-4H3,(H,41,45,47)/t26-,27+,30-,33+,38-,39-,50?/m0/s1. The molecule has 2 aliphatic heterocycles. The molecule has 2 heterocycles. The summed E-state index contributed by atoms with van der Waals surface area (Å²) in [6.07, 6.45) is 6.53. The van der Waals surface area contributed by atoms with Gasteiger partial charge in [0.1, 0.15) is 5.75 Å². The largest absolute Gasteiger partial charge is 0.490 e. The predicted molar refractivity (Wildman–Crippen MR) is 201 cm³/mol. The van der Waals surface area contributed by atoms with E-state index < -0.39 is 26.5 Å². The number of hydrogen-bond donors (Lipinski definition) is 2. The maximum atomic E-state index is 13.9. The van der Waals surface area contributed by atoms with Gasteiger partial charge in [0.2, 0.25) is 5.91 Å². The van der Waals surface area contributed by atoms with Gasteiger partial charge in [-0.3, -0.25) is 14.3 Å². The molecule has 2 aliphatic carbocycles. The quantitative estimate of drug-likeness (QED) is 0.385. The van der Waals surface area contributed by atoms with Gasteiger partial charge in [0.05, 0.1) is 40.6 Å². The average Bonchev–Trinajstić information content (AvgIpc) is 3.21. The van der Waals surface area contributed by atoms with Crippen LogP contribution in [0.5, 0.6) is 5.75 Å². The highest BCUT2D eigenvalue weighted by Gasteiger charge is 2.50. The van der Waals surface area contributed by atoms with Gasteiger partial charge < -0.3 is 24.4 Å². The van der Waals surface area contributed by atoms with Crippen LogP contribution in [0, 0.1) is 17.8 Å². The molecule has 50 heavy (non-hydrogen) atoms. The fraction of sp³-hybridized carbons (Fsp3) is 0.615. The van der Waals surface area contributed by atoms with Crippen molar-refractivity contribution in [3.63, 3.8) is 0 Å². The molecule has 274 valence electrons. The summed E-state index contributed by atoms with van der Waals surface area (Å²) in [5, 5.41) is 12.9. The highest BCUT2D eigenvalue weighted by Crippen LogP contribution is 2.50. The third-order valence-electron chi connectivity index (χ3n) is 12.3. The van der Waals surface area contributed by atoms with Crippen LogP contribution in [0.1, 0.15) is 86.7 Å². The monoisotopic (exact) mass is 727 g/mol. The first-order valence-corrected chi connectivity index (χ1v) is 20.4. The Bertz CT molecular complexity index is 1700. The van der Waals surface area contributed by atoms with Gasteiger partial charge in [-0.05, 0) is 117 Å². The molecule has 9 nitrogen and oxygen atoms in total. The number of benzene rings is 2. The number of amides is 2. The molecule has 2 N–H and O–H groups in total. The maximum absolute atomic E-state index is 13.9. The number of likely N-dealkylation sites (N-methyl/N-ethyl adjacent to an activating group) is 1. The number of fused-ring (bicyclic) bond motifs is 4. The molecule has 1 unspecified atom stereocenters. The summed E-state index contributed by atoms with van der Waals surface area (Å²) in [6.45, 7) is 6.57. The van der Waals surface area contributed by atoms with Crippen molar-refractivity contribution < 1.29 is 28.4 Å². The molecule has 2 amide bonds. The Morgan fingerprint density at radius 2 is 1.98 bits per heavy atom. The van der Waals surface area contributed by atoms with Gasteiger partial charge in [0.25, 0.3) is 5.91 Å². The molecule has 0 radical (unpaired) electrons. The molecule has 7 atom stereocenters. The number of carbonyl (C=O) groups is 2. The van der Waals surface area contributed by atoms with Crippen molar-refractivity contribution in [2.24, 2.45) is 17.8 Å². The first-order chi connectivity index (χ1) is 23.7. The lowest BCUT2D eigenvalue weighted by Crippen LogP contribution is -2.54. The molecule has 0 aromatic heterocycles. The van der Waals surface area contributed by atoms with Gasteiger partial charge in [0.15, 0.2) is 0 Å². The van der Waals surface area contributed by atoms with E-state index in [1.807, 2.05) is 32.0 Å². The Labute approximate surface area is 303 Å². The molecule has 11 heteroatoms. The zero-order valence-electron chi connectivity index (χ0n) is 30.0. The summed E-state index contributed by atoms with van der Waals surface area (Å²) in [5.74, 6) is 4.21. The van der Waals surface area contributed by atoms with Crippen LogP contribution >= 0.6 is 11.6 Å². The van der Waals surface area contributed by atoms with E-state index in [1.54, 1.807) is 25.1 Å². The molecular weight excluding hydrogens is 674 g/mol. The van der Waals surface area contributed by atoms with Crippen LogP contribution in [0.4, 0.5) is 5.69 Å². The predicted octanol–water partition coefficient (Wildman–Crippen LogP) is 5.64. The minimum atomic E-state index is -3.00. The molecule has 1 fully saturated rings. The van der Waals surface area contributed by atoms with Crippen molar-refractivity contribution in [2.75, 3.05) is 51.9 Å². The van der Waals surface area contributed by atoms with Crippen LogP contribution < -0.4 is 14.4 Å². The number of ether oxygens (including phenoxy) is 2. The van der Waals surface area contributed by atoms with Gasteiger partial charge in [-0.25, -0.2) is 4.21 Å². The molecule has 4 aliphatic rings. The van der Waals surface area contributed by atoms with Crippen LogP contribution in [-0.4, -0.2) is 89.8 Å². The number of methoxy groups -OCH3 is 1. The first-order valence-electron chi connectivity index (χ1n) is 18.2. The fourth-order valence-corrected chi connectivity index (χ4v) is 10.5. The van der Waals surface area contributed by atoms with E-state index in [2.05, 4.69) is 27.6 Å². The second-order valence-electron chi connectivity index (χ2n) is 15.6. The summed E-state index contributed by atoms with van der Waals surface area (Å²) in [6, 6.07) is 11.6. The number of rotatable bonds is 5. The Kier molecular flexibility index (Phi) is 10.9. The van der Waals surface area contributed by atoms with Gasteiger partial charge in [0, 0.05) is 55.0 Å². The first kappa shape index (κ1) is 37.0. The van der Waals surface area contributed by atoms with Crippen molar-refractivity contribution in [3.05, 3.63) is 58.1 Å². The second-order valence-corrected chi connectivity index (χ2v) is 18.4. The van der Waals surface area contributed by atoms with Crippen molar-refractivity contribution in [2.45, 2.75) is 87.9 Å². The summed E-state index contributed by atoms with van der Waals surface area (Å²) >= 11 is 6.46. The van der Waals surface area contributed by atoms with E-state index in [0.29, 0.717) is 63.4 Å². The summed E-state index contributed by atoms with van der Waals surface area (Å²) < 4.78 is 28.6. The van der Waals surface area contributed by atoms with Gasteiger partial charge in [-0.2, -0.15) is 0 Å². The minimum absolute atomic E-state index is 0.0323. The number of anilines is 1. The Morgan fingerprint density at radius 3 is 2.72 bits per heavy atom. The van der Waals surface area contributed by atoms with Crippen molar-refractivity contribution >= 4 is 44.7 Å². The van der Waals surface area contributed by atoms with E-state index >= 15 is 0 Å². The van der Waals surface area contributed by atoms with E-state index in [1.165, 1.54) is 11.1 Å². The van der Waals surface area contributed by atoms with E-state index in [0.717, 1.165) is 42.8 Å². The zero-order valence-corrected chi connectivity index (χ0v) is 31.6. The van der Waals surface area contributed by atoms with Crippen LogP contribution in [0.3, 0.4) is 0 Å². The van der Waals surface area contributed by atoms with E-state index in [9.17, 15) is 18.9 Å². The van der Waals surface area contributed by atoms with E-state index in [4.69, 9.17) is 21.1 Å². The molecule has 1 spiro atoms. The van der Waals surface area contributed by atoms with E-state index in [-0.39, 0.29) is 35.5 Å². The number of halogens is 1. The fourth-order valence-electron chi connectivity index (χ4n) is 8.84. The smallest absolute Gasteiger partial charge is 0.262 e. The number of carbonyl (C=O) groups excluding carboxylic acids is 2. The molecule has 0 saturated heterocycles. The molecule has 2 aromatic carbocycles.